The first-order valence-corrected chi connectivity index (χ1v) is 8.04. The number of hydrogen-bond donors (Lipinski definition) is 2. The highest BCUT2D eigenvalue weighted by atomic mass is 32.2. The molecule has 3 unspecified atom stereocenters. The van der Waals surface area contributed by atoms with Gasteiger partial charge in [0.05, 0.1) is 0 Å². The van der Waals surface area contributed by atoms with Crippen molar-refractivity contribution in [3.8, 4) is 0 Å². The van der Waals surface area contributed by atoms with Crippen molar-refractivity contribution in [2.75, 3.05) is 0 Å². The van der Waals surface area contributed by atoms with Gasteiger partial charge >= 0.3 is 5.97 Å². The van der Waals surface area contributed by atoms with Crippen LogP contribution in [0, 0.1) is 5.92 Å². The smallest absolute Gasteiger partial charge is 0.323 e. The quantitative estimate of drug-likeness (QED) is 0.780. The summed E-state index contributed by atoms with van der Waals surface area (Å²) in [5, 5.41) is 14.0. The fourth-order valence-corrected chi connectivity index (χ4v) is 4.14. The number of thioether (sulfide) groups is 1. The van der Waals surface area contributed by atoms with E-state index >= 15 is 0 Å². The molecule has 18 heavy (non-hydrogen) atoms. The molecule has 0 aliphatic heterocycles. The lowest BCUT2D eigenvalue weighted by molar-refractivity contribution is -0.144. The van der Waals surface area contributed by atoms with E-state index < -0.39 is 11.5 Å². The van der Waals surface area contributed by atoms with Crippen molar-refractivity contribution in [1.82, 2.24) is 5.32 Å². The van der Waals surface area contributed by atoms with Crippen LogP contribution in [0.25, 0.3) is 0 Å². The summed E-state index contributed by atoms with van der Waals surface area (Å²) in [5.74, 6) is 0.0147. The summed E-state index contributed by atoms with van der Waals surface area (Å²) >= 11 is 1.98. The monoisotopic (exact) mass is 271 g/mol. The van der Waals surface area contributed by atoms with Gasteiger partial charge in [0.25, 0.3) is 0 Å². The van der Waals surface area contributed by atoms with E-state index in [-0.39, 0.29) is 0 Å². The molecule has 0 spiro atoms. The van der Waals surface area contributed by atoms with E-state index in [0.29, 0.717) is 22.5 Å². The molecule has 0 aromatic carbocycles. The lowest BCUT2D eigenvalue weighted by Gasteiger charge is -2.27. The number of rotatable bonds is 6. The van der Waals surface area contributed by atoms with Crippen molar-refractivity contribution >= 4 is 17.7 Å². The largest absolute Gasteiger partial charge is 0.480 e. The molecule has 2 fully saturated rings. The zero-order chi connectivity index (χ0) is 13.3. The van der Waals surface area contributed by atoms with Crippen LogP contribution in [0.15, 0.2) is 0 Å². The molecule has 0 aromatic heterocycles. The van der Waals surface area contributed by atoms with E-state index in [4.69, 9.17) is 0 Å². The molecule has 0 amide bonds. The molecule has 104 valence electrons. The van der Waals surface area contributed by atoms with Crippen LogP contribution >= 0.6 is 11.8 Å². The Morgan fingerprint density at radius 1 is 1.33 bits per heavy atom. The van der Waals surface area contributed by atoms with Crippen molar-refractivity contribution in [3.05, 3.63) is 0 Å². The van der Waals surface area contributed by atoms with Gasteiger partial charge in [-0.05, 0) is 38.0 Å². The molecule has 2 saturated carbocycles. The minimum atomic E-state index is -0.644. The van der Waals surface area contributed by atoms with Gasteiger partial charge in [0.1, 0.15) is 5.54 Å². The Hall–Kier alpha value is -0.220. The molecule has 0 bridgehead atoms. The van der Waals surface area contributed by atoms with Gasteiger partial charge in [-0.1, -0.05) is 20.8 Å². The van der Waals surface area contributed by atoms with Crippen LogP contribution in [-0.4, -0.2) is 33.2 Å². The van der Waals surface area contributed by atoms with Crippen molar-refractivity contribution in [1.29, 1.82) is 0 Å². The normalized spacial score (nSPS) is 33.9. The van der Waals surface area contributed by atoms with Crippen molar-refractivity contribution < 1.29 is 9.90 Å². The lowest BCUT2D eigenvalue weighted by atomic mass is 9.98. The van der Waals surface area contributed by atoms with E-state index in [9.17, 15) is 9.90 Å². The summed E-state index contributed by atoms with van der Waals surface area (Å²) in [6.45, 7) is 6.73. The van der Waals surface area contributed by atoms with Crippen LogP contribution in [0.3, 0.4) is 0 Å². The predicted molar refractivity (Wildman–Crippen MR) is 76.1 cm³/mol. The van der Waals surface area contributed by atoms with Crippen LogP contribution in [-0.2, 0) is 4.79 Å². The van der Waals surface area contributed by atoms with Crippen LogP contribution < -0.4 is 5.32 Å². The fourth-order valence-electron chi connectivity index (χ4n) is 2.58. The average Bonchev–Trinajstić information content (AvgIpc) is 2.99. The first kappa shape index (κ1) is 14.2. The third-order valence-electron chi connectivity index (χ3n) is 4.28. The van der Waals surface area contributed by atoms with Gasteiger partial charge in [-0.3, -0.25) is 10.1 Å². The zero-order valence-electron chi connectivity index (χ0n) is 11.6. The standard InChI is InChI=1S/C14H25NO2S/c1-9(2)10(3)18-12-6-7-14(8-12,13(16)17)15-11-4-5-11/h9-12,15H,4-8H2,1-3H3,(H,16,17). The first-order valence-electron chi connectivity index (χ1n) is 7.09. The summed E-state index contributed by atoms with van der Waals surface area (Å²) in [5.41, 5.74) is -0.629. The van der Waals surface area contributed by atoms with Gasteiger partial charge in [0.2, 0.25) is 0 Å². The van der Waals surface area contributed by atoms with Gasteiger partial charge in [0, 0.05) is 16.5 Å². The van der Waals surface area contributed by atoms with E-state index in [1.54, 1.807) is 0 Å². The Bertz CT molecular complexity index is 317. The molecule has 2 N–H and O–H groups in total. The number of nitrogens with one attached hydrogen (secondary N) is 1. The van der Waals surface area contributed by atoms with E-state index in [0.717, 1.165) is 32.1 Å². The maximum absolute atomic E-state index is 11.6. The second kappa shape index (κ2) is 5.41. The third kappa shape index (κ3) is 3.21. The molecule has 2 aliphatic carbocycles. The Morgan fingerprint density at radius 2 is 2.00 bits per heavy atom. The number of carboxylic acid groups (broad SMARTS) is 1. The summed E-state index contributed by atoms with van der Waals surface area (Å²) in [6.07, 6.45) is 4.92. The SMILES string of the molecule is CC(C)C(C)SC1CCC(NC2CC2)(C(=O)O)C1. The van der Waals surface area contributed by atoms with Gasteiger partial charge in [-0.15, -0.1) is 0 Å². The molecule has 2 rings (SSSR count). The summed E-state index contributed by atoms with van der Waals surface area (Å²) in [7, 11) is 0. The molecule has 0 saturated heterocycles. The van der Waals surface area contributed by atoms with E-state index in [1.165, 1.54) is 0 Å². The van der Waals surface area contributed by atoms with Crippen LogP contribution in [0.4, 0.5) is 0 Å². The molecule has 3 nitrogen and oxygen atoms in total. The third-order valence-corrected chi connectivity index (χ3v) is 6.04. The van der Waals surface area contributed by atoms with E-state index in [2.05, 4.69) is 26.1 Å². The number of aliphatic carboxylic acids is 1. The fraction of sp³-hybridized carbons (Fsp3) is 0.929. The molecular formula is C14H25NO2S. The Morgan fingerprint density at radius 3 is 2.50 bits per heavy atom. The average molecular weight is 271 g/mol. The highest BCUT2D eigenvalue weighted by Crippen LogP contribution is 2.41. The second-order valence-electron chi connectivity index (χ2n) is 6.26. The van der Waals surface area contributed by atoms with Crippen LogP contribution in [0.1, 0.15) is 52.9 Å². The maximum Gasteiger partial charge on any atom is 0.323 e. The van der Waals surface area contributed by atoms with E-state index in [1.807, 2.05) is 11.8 Å². The summed E-state index contributed by atoms with van der Waals surface area (Å²) in [6, 6.07) is 0.465. The molecule has 0 heterocycles. The summed E-state index contributed by atoms with van der Waals surface area (Å²) in [4.78, 5) is 11.6. The highest BCUT2D eigenvalue weighted by molar-refractivity contribution is 8.00. The van der Waals surface area contributed by atoms with Gasteiger partial charge in [0.15, 0.2) is 0 Å². The number of hydrogen-bond acceptors (Lipinski definition) is 3. The first-order chi connectivity index (χ1) is 8.43. The lowest BCUT2D eigenvalue weighted by Crippen LogP contribution is -2.51. The highest BCUT2D eigenvalue weighted by Gasteiger charge is 2.48. The molecule has 0 aromatic rings. The van der Waals surface area contributed by atoms with Crippen LogP contribution in [0.5, 0.6) is 0 Å². The predicted octanol–water partition coefficient (Wildman–Crippen LogP) is 2.89. The molecular weight excluding hydrogens is 246 g/mol. The Balaban J connectivity index is 1.92. The minimum absolute atomic E-state index is 0.465. The molecule has 2 aliphatic rings. The van der Waals surface area contributed by atoms with Crippen LogP contribution in [0.2, 0.25) is 0 Å². The second-order valence-corrected chi connectivity index (χ2v) is 7.94. The van der Waals surface area contributed by atoms with Crippen molar-refractivity contribution in [3.63, 3.8) is 0 Å². The van der Waals surface area contributed by atoms with Gasteiger partial charge in [-0.2, -0.15) is 11.8 Å². The molecule has 3 atom stereocenters. The minimum Gasteiger partial charge on any atom is -0.480 e. The molecule has 0 radical (unpaired) electrons. The Labute approximate surface area is 114 Å². The maximum atomic E-state index is 11.6. The molecule has 4 heteroatoms. The topological polar surface area (TPSA) is 49.3 Å². The number of carboxylic acids is 1. The summed E-state index contributed by atoms with van der Waals surface area (Å²) < 4.78 is 0. The van der Waals surface area contributed by atoms with Gasteiger partial charge < -0.3 is 5.11 Å². The Kier molecular flexibility index (Phi) is 4.27. The van der Waals surface area contributed by atoms with Crippen molar-refractivity contribution in [2.45, 2.75) is 75.0 Å². The zero-order valence-corrected chi connectivity index (χ0v) is 12.4. The number of carbonyl (C=O) groups is 1. The van der Waals surface area contributed by atoms with Crippen molar-refractivity contribution in [2.24, 2.45) is 5.92 Å². The van der Waals surface area contributed by atoms with Gasteiger partial charge in [-0.25, -0.2) is 0 Å².